The normalized spacial score (nSPS) is 13.1. The van der Waals surface area contributed by atoms with Crippen molar-refractivity contribution >= 4 is 33.2 Å². The fourth-order valence-corrected chi connectivity index (χ4v) is 3.96. The number of fused-ring (bicyclic) bond motifs is 1. The molecule has 0 radical (unpaired) electrons. The molecule has 1 aliphatic rings. The number of benzene rings is 2. The zero-order chi connectivity index (χ0) is 21.9. The molecule has 2 aromatic carbocycles. The molecule has 0 aromatic heterocycles. The molecule has 1 heterocycles. The Balaban J connectivity index is 1.72. The largest absolute Gasteiger partial charge is 0.493 e. The Kier molecular flexibility index (Phi) is 6.13. The highest BCUT2D eigenvalue weighted by atomic mass is 32.2. The molecular weight excluding hydrogens is 414 g/mol. The third kappa shape index (κ3) is 4.47. The van der Waals surface area contributed by atoms with Gasteiger partial charge in [0.1, 0.15) is 5.75 Å². The number of anilines is 2. The smallest absolute Gasteiger partial charge is 0.262 e. The molecule has 0 saturated heterocycles. The predicted octanol–water partition coefficient (Wildman–Crippen LogP) is 1.29. The molecule has 2 amide bonds. The Labute approximate surface area is 173 Å². The molecule has 0 bridgehead atoms. The van der Waals surface area contributed by atoms with Crippen LogP contribution in [0.5, 0.6) is 17.2 Å². The molecule has 10 nitrogen and oxygen atoms in total. The molecule has 1 aliphatic heterocycles. The standard InChI is InChI=1S/C19H21N3O7S/c1-22(10-18(23)20-12-4-6-16(27-2)17(8-12)28-3)30(25,26)13-5-7-15-14(9-13)21-19(24)11-29-15/h4-9H,10-11H2,1-3H3,(H,20,23)(H,21,24). The average Bonchev–Trinajstić information content (AvgIpc) is 2.72. The zero-order valence-electron chi connectivity index (χ0n) is 16.6. The number of amides is 2. The number of rotatable bonds is 7. The van der Waals surface area contributed by atoms with Crippen molar-refractivity contribution in [2.24, 2.45) is 0 Å². The molecular formula is C19H21N3O7S. The second-order valence-corrected chi connectivity index (χ2v) is 8.42. The van der Waals surface area contributed by atoms with Crippen LogP contribution in [0.15, 0.2) is 41.3 Å². The monoisotopic (exact) mass is 435 g/mol. The first kappa shape index (κ1) is 21.4. The number of nitrogens with one attached hydrogen (secondary N) is 2. The van der Waals surface area contributed by atoms with Crippen molar-refractivity contribution in [3.05, 3.63) is 36.4 Å². The Morgan fingerprint density at radius 2 is 1.90 bits per heavy atom. The van der Waals surface area contributed by atoms with Gasteiger partial charge in [-0.3, -0.25) is 9.59 Å². The van der Waals surface area contributed by atoms with Crippen molar-refractivity contribution in [2.45, 2.75) is 4.90 Å². The topological polar surface area (TPSA) is 123 Å². The van der Waals surface area contributed by atoms with Gasteiger partial charge in [-0.25, -0.2) is 8.42 Å². The molecule has 2 aromatic rings. The molecule has 0 aliphatic carbocycles. The molecule has 160 valence electrons. The Morgan fingerprint density at radius 3 is 2.60 bits per heavy atom. The molecule has 0 unspecified atom stereocenters. The number of ether oxygens (including phenoxy) is 3. The summed E-state index contributed by atoms with van der Waals surface area (Å²) in [5, 5.41) is 5.18. The number of hydrogen-bond acceptors (Lipinski definition) is 7. The third-order valence-electron chi connectivity index (χ3n) is 4.33. The number of nitrogens with zero attached hydrogens (tertiary/aromatic N) is 1. The van der Waals surface area contributed by atoms with E-state index in [1.54, 1.807) is 18.2 Å². The van der Waals surface area contributed by atoms with Gasteiger partial charge in [0.15, 0.2) is 18.1 Å². The number of hydrogen-bond donors (Lipinski definition) is 2. The maximum absolute atomic E-state index is 12.8. The summed E-state index contributed by atoms with van der Waals surface area (Å²) in [6, 6.07) is 8.91. The van der Waals surface area contributed by atoms with Gasteiger partial charge in [0.2, 0.25) is 15.9 Å². The average molecular weight is 435 g/mol. The lowest BCUT2D eigenvalue weighted by Crippen LogP contribution is -2.35. The highest BCUT2D eigenvalue weighted by molar-refractivity contribution is 7.89. The van der Waals surface area contributed by atoms with Crippen LogP contribution in [0.3, 0.4) is 0 Å². The number of carbonyl (C=O) groups excluding carboxylic acids is 2. The summed E-state index contributed by atoms with van der Waals surface area (Å²) in [6.07, 6.45) is 0. The SMILES string of the molecule is COc1ccc(NC(=O)CN(C)S(=O)(=O)c2ccc3c(c2)NC(=O)CO3)cc1OC. The summed E-state index contributed by atoms with van der Waals surface area (Å²) in [7, 11) is 0.272. The molecule has 3 rings (SSSR count). The molecule has 2 N–H and O–H groups in total. The van der Waals surface area contributed by atoms with Gasteiger partial charge in [0.25, 0.3) is 5.91 Å². The van der Waals surface area contributed by atoms with Crippen LogP contribution < -0.4 is 24.8 Å². The van der Waals surface area contributed by atoms with Crippen molar-refractivity contribution < 1.29 is 32.2 Å². The van der Waals surface area contributed by atoms with E-state index in [2.05, 4.69) is 10.6 Å². The molecule has 30 heavy (non-hydrogen) atoms. The summed E-state index contributed by atoms with van der Waals surface area (Å²) < 4.78 is 42.1. The second kappa shape index (κ2) is 8.59. The maximum Gasteiger partial charge on any atom is 0.262 e. The molecule has 0 spiro atoms. The third-order valence-corrected chi connectivity index (χ3v) is 6.13. The van der Waals surface area contributed by atoms with Gasteiger partial charge >= 0.3 is 0 Å². The van der Waals surface area contributed by atoms with Crippen LogP contribution in [-0.2, 0) is 19.6 Å². The number of carbonyl (C=O) groups is 2. The quantitative estimate of drug-likeness (QED) is 0.672. The van der Waals surface area contributed by atoms with Gasteiger partial charge in [0.05, 0.1) is 31.3 Å². The van der Waals surface area contributed by atoms with Gasteiger partial charge in [-0.15, -0.1) is 0 Å². The van der Waals surface area contributed by atoms with Crippen molar-refractivity contribution in [3.8, 4) is 17.2 Å². The first-order valence-corrected chi connectivity index (χ1v) is 10.2. The van der Waals surface area contributed by atoms with Gasteiger partial charge in [-0.2, -0.15) is 4.31 Å². The summed E-state index contributed by atoms with van der Waals surface area (Å²) in [5.41, 5.74) is 0.688. The predicted molar refractivity (Wildman–Crippen MR) is 109 cm³/mol. The minimum atomic E-state index is -3.98. The summed E-state index contributed by atoms with van der Waals surface area (Å²) in [4.78, 5) is 23.7. The fourth-order valence-electron chi connectivity index (χ4n) is 2.80. The van der Waals surface area contributed by atoms with Gasteiger partial charge < -0.3 is 24.8 Å². The van der Waals surface area contributed by atoms with E-state index in [9.17, 15) is 18.0 Å². The highest BCUT2D eigenvalue weighted by Crippen LogP contribution is 2.31. The van der Waals surface area contributed by atoms with Gasteiger partial charge in [-0.05, 0) is 30.3 Å². The lowest BCUT2D eigenvalue weighted by Gasteiger charge is -2.21. The highest BCUT2D eigenvalue weighted by Gasteiger charge is 2.26. The van der Waals surface area contributed by atoms with Crippen molar-refractivity contribution in [1.82, 2.24) is 4.31 Å². The van der Waals surface area contributed by atoms with Crippen LogP contribution in [0, 0.1) is 0 Å². The van der Waals surface area contributed by atoms with Crippen LogP contribution in [-0.4, -0.2) is 59.0 Å². The summed E-state index contributed by atoms with van der Waals surface area (Å²) >= 11 is 0. The van der Waals surface area contributed by atoms with E-state index in [0.717, 1.165) is 4.31 Å². The molecule has 0 atom stereocenters. The van der Waals surface area contributed by atoms with Crippen LogP contribution in [0.2, 0.25) is 0 Å². The Morgan fingerprint density at radius 1 is 1.17 bits per heavy atom. The molecule has 11 heteroatoms. The van der Waals surface area contributed by atoms with E-state index >= 15 is 0 Å². The lowest BCUT2D eigenvalue weighted by atomic mass is 10.2. The van der Waals surface area contributed by atoms with E-state index in [0.29, 0.717) is 22.9 Å². The number of methoxy groups -OCH3 is 2. The molecule has 0 saturated carbocycles. The summed E-state index contributed by atoms with van der Waals surface area (Å²) in [6.45, 7) is -0.550. The first-order valence-electron chi connectivity index (χ1n) is 8.79. The fraction of sp³-hybridized carbons (Fsp3) is 0.263. The van der Waals surface area contributed by atoms with Crippen molar-refractivity contribution in [3.63, 3.8) is 0 Å². The van der Waals surface area contributed by atoms with E-state index in [1.807, 2.05) is 0 Å². The van der Waals surface area contributed by atoms with Crippen LogP contribution in [0.25, 0.3) is 0 Å². The lowest BCUT2D eigenvalue weighted by molar-refractivity contribution is -0.118. The van der Waals surface area contributed by atoms with Gasteiger partial charge in [-0.1, -0.05) is 0 Å². The Bertz CT molecular complexity index is 1090. The van der Waals surface area contributed by atoms with Gasteiger partial charge in [0, 0.05) is 18.8 Å². The minimum absolute atomic E-state index is 0.0755. The summed E-state index contributed by atoms with van der Waals surface area (Å²) in [5.74, 6) is 0.387. The van der Waals surface area contributed by atoms with Crippen molar-refractivity contribution in [2.75, 3.05) is 45.1 Å². The van der Waals surface area contributed by atoms with E-state index in [4.69, 9.17) is 14.2 Å². The number of sulfonamides is 1. The van der Waals surface area contributed by atoms with E-state index < -0.39 is 22.5 Å². The number of likely N-dealkylation sites (N-methyl/N-ethyl adjacent to an activating group) is 1. The maximum atomic E-state index is 12.8. The van der Waals surface area contributed by atoms with Crippen LogP contribution >= 0.6 is 0 Å². The second-order valence-electron chi connectivity index (χ2n) is 6.37. The van der Waals surface area contributed by atoms with Crippen LogP contribution in [0.4, 0.5) is 11.4 Å². The van der Waals surface area contributed by atoms with E-state index in [1.165, 1.54) is 39.5 Å². The Hall–Kier alpha value is -3.31. The zero-order valence-corrected chi connectivity index (χ0v) is 17.4. The molecule has 0 fully saturated rings. The van der Waals surface area contributed by atoms with E-state index in [-0.39, 0.29) is 23.1 Å². The minimum Gasteiger partial charge on any atom is -0.493 e. The first-order chi connectivity index (χ1) is 14.2. The van der Waals surface area contributed by atoms with Crippen molar-refractivity contribution in [1.29, 1.82) is 0 Å². The van der Waals surface area contributed by atoms with Crippen LogP contribution in [0.1, 0.15) is 0 Å².